The van der Waals surface area contributed by atoms with Crippen molar-refractivity contribution in [3.8, 4) is 0 Å². The number of hydrogen-bond donors (Lipinski definition) is 1. The van der Waals surface area contributed by atoms with Crippen LogP contribution in [0.2, 0.25) is 0 Å². The van der Waals surface area contributed by atoms with E-state index in [9.17, 15) is 9.90 Å². The molecule has 1 aromatic carbocycles. The predicted molar refractivity (Wildman–Crippen MR) is 119 cm³/mol. The summed E-state index contributed by atoms with van der Waals surface area (Å²) in [5.74, 6) is 0.986. The van der Waals surface area contributed by atoms with Gasteiger partial charge in [-0.15, -0.1) is 0 Å². The molecule has 0 saturated carbocycles. The van der Waals surface area contributed by atoms with Gasteiger partial charge in [-0.1, -0.05) is 30.3 Å². The van der Waals surface area contributed by atoms with E-state index in [1.54, 1.807) is 12.4 Å². The quantitative estimate of drug-likeness (QED) is 0.764. The summed E-state index contributed by atoms with van der Waals surface area (Å²) >= 11 is 0. The lowest BCUT2D eigenvalue weighted by molar-refractivity contribution is -0.134. The monoisotopic (exact) mass is 421 g/mol. The van der Waals surface area contributed by atoms with Gasteiger partial charge in [-0.2, -0.15) is 0 Å². The molecule has 3 fully saturated rings. The summed E-state index contributed by atoms with van der Waals surface area (Å²) in [4.78, 5) is 28.6. The van der Waals surface area contributed by atoms with Crippen molar-refractivity contribution in [2.24, 2.45) is 5.41 Å². The maximum atomic E-state index is 13.3. The van der Waals surface area contributed by atoms with Crippen molar-refractivity contribution < 1.29 is 9.90 Å². The molecule has 1 N–H and O–H groups in total. The summed E-state index contributed by atoms with van der Waals surface area (Å²) in [6.07, 6.45) is 7.35. The molecule has 7 nitrogen and oxygen atoms in total. The fourth-order valence-corrected chi connectivity index (χ4v) is 5.92. The Hall–Kier alpha value is -2.51. The molecule has 1 amide bonds. The highest BCUT2D eigenvalue weighted by atomic mass is 16.3. The number of benzene rings is 1. The van der Waals surface area contributed by atoms with Gasteiger partial charge in [0.2, 0.25) is 11.9 Å². The number of aromatic nitrogens is 2. The zero-order valence-electron chi connectivity index (χ0n) is 17.9. The van der Waals surface area contributed by atoms with E-state index in [0.29, 0.717) is 6.54 Å². The minimum Gasteiger partial charge on any atom is -0.396 e. The second-order valence-corrected chi connectivity index (χ2v) is 9.25. The second-order valence-electron chi connectivity index (χ2n) is 9.25. The van der Waals surface area contributed by atoms with Crippen molar-refractivity contribution in [1.82, 2.24) is 19.8 Å². The molecule has 2 aromatic rings. The molecule has 0 aliphatic carbocycles. The molecule has 3 atom stereocenters. The zero-order valence-corrected chi connectivity index (χ0v) is 17.9. The normalized spacial score (nSPS) is 28.3. The fraction of sp³-hybridized carbons (Fsp3) is 0.542. The Kier molecular flexibility index (Phi) is 5.63. The van der Waals surface area contributed by atoms with Crippen LogP contribution >= 0.6 is 0 Å². The molecule has 5 rings (SSSR count). The Morgan fingerprint density at radius 1 is 1.03 bits per heavy atom. The summed E-state index contributed by atoms with van der Waals surface area (Å²) in [6.45, 7) is 3.94. The molecule has 31 heavy (non-hydrogen) atoms. The van der Waals surface area contributed by atoms with E-state index >= 15 is 0 Å². The molecule has 3 saturated heterocycles. The van der Waals surface area contributed by atoms with E-state index in [0.717, 1.165) is 57.8 Å². The van der Waals surface area contributed by atoms with Crippen LogP contribution in [0.5, 0.6) is 0 Å². The third-order valence-electron chi connectivity index (χ3n) is 7.42. The highest BCUT2D eigenvalue weighted by Crippen LogP contribution is 2.51. The van der Waals surface area contributed by atoms with Gasteiger partial charge in [0, 0.05) is 56.1 Å². The van der Waals surface area contributed by atoms with Crippen molar-refractivity contribution >= 4 is 11.9 Å². The lowest BCUT2D eigenvalue weighted by Gasteiger charge is -2.37. The standard InChI is InChI=1S/C24H31N5O2/c30-18-24(15-19-5-2-1-3-6-19)16-20-7-8-21(24)29(20)22(31)17-27-11-13-28(14-12-27)23-25-9-4-10-26-23/h1-6,9-10,20-21,30H,7-8,11-18H2/t20-,21+,24-/m0/s1. The number of piperazine rings is 1. The molecule has 3 aliphatic heterocycles. The van der Waals surface area contributed by atoms with Gasteiger partial charge < -0.3 is 14.9 Å². The summed E-state index contributed by atoms with van der Waals surface area (Å²) in [7, 11) is 0. The molecule has 3 aliphatic rings. The molecule has 4 heterocycles. The van der Waals surface area contributed by atoms with E-state index in [1.807, 2.05) is 12.1 Å². The average Bonchev–Trinajstić information content (AvgIpc) is 3.37. The molecule has 0 unspecified atom stereocenters. The minimum absolute atomic E-state index is 0.141. The first-order valence-corrected chi connectivity index (χ1v) is 11.4. The number of aliphatic hydroxyl groups is 1. The highest BCUT2D eigenvalue weighted by Gasteiger charge is 2.56. The fourth-order valence-electron chi connectivity index (χ4n) is 5.92. The molecule has 0 spiro atoms. The molecule has 2 bridgehead atoms. The lowest BCUT2D eigenvalue weighted by Crippen LogP contribution is -2.52. The van der Waals surface area contributed by atoms with Crippen molar-refractivity contribution in [1.29, 1.82) is 0 Å². The van der Waals surface area contributed by atoms with Crippen LogP contribution in [0.15, 0.2) is 48.8 Å². The maximum absolute atomic E-state index is 13.3. The van der Waals surface area contributed by atoms with E-state index in [1.165, 1.54) is 5.56 Å². The van der Waals surface area contributed by atoms with Crippen LogP contribution in [-0.4, -0.2) is 82.2 Å². The number of carbonyl (C=O) groups excluding carboxylic acids is 1. The van der Waals surface area contributed by atoms with Gasteiger partial charge >= 0.3 is 0 Å². The van der Waals surface area contributed by atoms with Gasteiger partial charge in [0.25, 0.3) is 0 Å². The maximum Gasteiger partial charge on any atom is 0.237 e. The Labute approximate surface area is 183 Å². The number of hydrogen-bond acceptors (Lipinski definition) is 6. The van der Waals surface area contributed by atoms with E-state index in [-0.39, 0.29) is 30.0 Å². The van der Waals surface area contributed by atoms with Crippen LogP contribution in [0.25, 0.3) is 0 Å². The van der Waals surface area contributed by atoms with Gasteiger partial charge in [0.1, 0.15) is 0 Å². The van der Waals surface area contributed by atoms with E-state index in [4.69, 9.17) is 0 Å². The van der Waals surface area contributed by atoms with Crippen LogP contribution < -0.4 is 4.90 Å². The number of fused-ring (bicyclic) bond motifs is 2. The van der Waals surface area contributed by atoms with Gasteiger partial charge in [0.15, 0.2) is 0 Å². The molecular formula is C24H31N5O2. The summed E-state index contributed by atoms with van der Waals surface area (Å²) in [5.41, 5.74) is 1.04. The summed E-state index contributed by atoms with van der Waals surface area (Å²) < 4.78 is 0. The first-order chi connectivity index (χ1) is 15.2. The Balaban J connectivity index is 1.21. The smallest absolute Gasteiger partial charge is 0.237 e. The van der Waals surface area contributed by atoms with Crippen molar-refractivity contribution in [2.45, 2.75) is 37.8 Å². The topological polar surface area (TPSA) is 72.8 Å². The van der Waals surface area contributed by atoms with E-state index in [2.05, 4.69) is 48.9 Å². The number of amides is 1. The SMILES string of the molecule is O=C(CN1CCN(c2ncccn2)CC1)N1[C@H]2CC[C@@H]1[C@@](CO)(Cc1ccccc1)C2. The zero-order chi connectivity index (χ0) is 21.3. The molecule has 164 valence electrons. The Morgan fingerprint density at radius 3 is 2.48 bits per heavy atom. The molecule has 7 heteroatoms. The highest BCUT2D eigenvalue weighted by molar-refractivity contribution is 5.80. The van der Waals surface area contributed by atoms with E-state index < -0.39 is 0 Å². The molecular weight excluding hydrogens is 390 g/mol. The van der Waals surface area contributed by atoms with Gasteiger partial charge in [-0.3, -0.25) is 9.69 Å². The minimum atomic E-state index is -0.205. The van der Waals surface area contributed by atoms with Gasteiger partial charge in [-0.05, 0) is 37.3 Å². The number of nitrogens with zero attached hydrogens (tertiary/aromatic N) is 5. The van der Waals surface area contributed by atoms with Crippen molar-refractivity contribution in [3.05, 3.63) is 54.4 Å². The summed E-state index contributed by atoms with van der Waals surface area (Å²) in [5, 5.41) is 10.4. The van der Waals surface area contributed by atoms with Crippen LogP contribution in [0.4, 0.5) is 5.95 Å². The van der Waals surface area contributed by atoms with Gasteiger partial charge in [0.05, 0.1) is 13.2 Å². The second kappa shape index (κ2) is 8.55. The first kappa shape index (κ1) is 20.4. The van der Waals surface area contributed by atoms with Crippen LogP contribution in [-0.2, 0) is 11.2 Å². The third-order valence-corrected chi connectivity index (χ3v) is 7.42. The number of carbonyl (C=O) groups is 1. The number of aliphatic hydroxyl groups excluding tert-OH is 1. The number of anilines is 1. The van der Waals surface area contributed by atoms with Crippen molar-refractivity contribution in [3.63, 3.8) is 0 Å². The average molecular weight is 422 g/mol. The third kappa shape index (κ3) is 3.92. The largest absolute Gasteiger partial charge is 0.396 e. The lowest BCUT2D eigenvalue weighted by atomic mass is 9.70. The molecule has 1 aromatic heterocycles. The summed E-state index contributed by atoms with van der Waals surface area (Å²) in [6, 6.07) is 12.6. The Morgan fingerprint density at radius 2 is 1.77 bits per heavy atom. The van der Waals surface area contributed by atoms with Crippen molar-refractivity contribution in [2.75, 3.05) is 44.2 Å². The van der Waals surface area contributed by atoms with Crippen LogP contribution in [0.1, 0.15) is 24.8 Å². The number of rotatable bonds is 6. The van der Waals surface area contributed by atoms with Crippen LogP contribution in [0.3, 0.4) is 0 Å². The Bertz CT molecular complexity index is 887. The van der Waals surface area contributed by atoms with Crippen LogP contribution in [0, 0.1) is 5.41 Å². The molecule has 0 radical (unpaired) electrons. The predicted octanol–water partition coefficient (Wildman–Crippen LogP) is 1.58. The first-order valence-electron chi connectivity index (χ1n) is 11.4. The van der Waals surface area contributed by atoms with Gasteiger partial charge in [-0.25, -0.2) is 9.97 Å².